The summed E-state index contributed by atoms with van der Waals surface area (Å²) in [4.78, 5) is 12.8. The fourth-order valence-corrected chi connectivity index (χ4v) is 6.30. The molecule has 1 fully saturated rings. The number of thioether (sulfide) groups is 1. The Morgan fingerprint density at radius 2 is 1.79 bits per heavy atom. The first-order valence-corrected chi connectivity index (χ1v) is 13.1. The zero-order valence-electron chi connectivity index (χ0n) is 17.5. The molecule has 28 heavy (non-hydrogen) atoms. The van der Waals surface area contributed by atoms with Crippen molar-refractivity contribution in [2.75, 3.05) is 22.9 Å². The third-order valence-corrected chi connectivity index (χ3v) is 7.66. The highest BCUT2D eigenvalue weighted by atomic mass is 32.2. The molecule has 0 saturated heterocycles. The molecule has 0 aliphatic heterocycles. The van der Waals surface area contributed by atoms with Crippen molar-refractivity contribution in [1.29, 1.82) is 0 Å². The Morgan fingerprint density at radius 3 is 2.32 bits per heavy atom. The van der Waals surface area contributed by atoms with Gasteiger partial charge in [-0.15, -0.1) is 0 Å². The van der Waals surface area contributed by atoms with Crippen molar-refractivity contribution in [2.45, 2.75) is 70.6 Å². The topological polar surface area (TPSA) is 66.5 Å². The summed E-state index contributed by atoms with van der Waals surface area (Å²) in [5.74, 6) is 0.645. The molecule has 1 amide bonds. The maximum Gasteiger partial charge on any atom is 0.243 e. The van der Waals surface area contributed by atoms with Crippen molar-refractivity contribution >= 4 is 33.4 Å². The van der Waals surface area contributed by atoms with E-state index in [1.54, 1.807) is 0 Å². The maximum absolute atomic E-state index is 12.8. The number of carbonyl (C=O) groups is 1. The lowest BCUT2D eigenvalue weighted by Gasteiger charge is -2.30. The van der Waals surface area contributed by atoms with E-state index in [-0.39, 0.29) is 5.91 Å². The molecule has 1 N–H and O–H groups in total. The second-order valence-corrected chi connectivity index (χ2v) is 11.0. The smallest absolute Gasteiger partial charge is 0.243 e. The quantitative estimate of drug-likeness (QED) is 0.606. The number of sulfonamides is 1. The third kappa shape index (κ3) is 6.69. The number of nitrogens with zero attached hydrogens (tertiary/aromatic N) is 1. The molecule has 0 unspecified atom stereocenters. The Balaban J connectivity index is 2.04. The zero-order chi connectivity index (χ0) is 20.7. The van der Waals surface area contributed by atoms with E-state index in [9.17, 15) is 13.2 Å². The van der Waals surface area contributed by atoms with Crippen LogP contribution in [0.4, 0.5) is 5.69 Å². The summed E-state index contributed by atoms with van der Waals surface area (Å²) < 4.78 is 26.3. The molecule has 1 aliphatic carbocycles. The van der Waals surface area contributed by atoms with Crippen LogP contribution >= 0.6 is 11.8 Å². The highest BCUT2D eigenvalue weighted by molar-refractivity contribution is 7.99. The standard InChI is InChI=1S/C21H34N2O3S2/c1-5-20(21(24)22-11-12-27-19-9-7-6-8-10-19)23(28(4,25)26)18-14-16(2)13-17(3)15-18/h13-15,19-20H,5-12H2,1-4H3,(H,22,24)/t20-/m1/s1. The van der Waals surface area contributed by atoms with Crippen LogP contribution in [-0.2, 0) is 14.8 Å². The van der Waals surface area contributed by atoms with Gasteiger partial charge in [0.25, 0.3) is 0 Å². The summed E-state index contributed by atoms with van der Waals surface area (Å²) in [6.45, 7) is 6.28. The summed E-state index contributed by atoms with van der Waals surface area (Å²) in [5, 5.41) is 3.66. The van der Waals surface area contributed by atoms with E-state index in [1.165, 1.54) is 42.7 Å². The lowest BCUT2D eigenvalue weighted by Crippen LogP contribution is -2.49. The first-order valence-electron chi connectivity index (χ1n) is 10.2. The number of anilines is 1. The molecule has 0 spiro atoms. The number of hydrogen-bond donors (Lipinski definition) is 1. The molecule has 1 aromatic carbocycles. The summed E-state index contributed by atoms with van der Waals surface area (Å²) in [6, 6.07) is 4.90. The Labute approximate surface area is 174 Å². The highest BCUT2D eigenvalue weighted by Crippen LogP contribution is 2.28. The van der Waals surface area contributed by atoms with Gasteiger partial charge in [-0.1, -0.05) is 32.3 Å². The monoisotopic (exact) mass is 426 g/mol. The van der Waals surface area contributed by atoms with Gasteiger partial charge in [-0.05, 0) is 56.4 Å². The predicted molar refractivity (Wildman–Crippen MR) is 120 cm³/mol. The summed E-state index contributed by atoms with van der Waals surface area (Å²) in [7, 11) is -3.59. The molecule has 1 saturated carbocycles. The number of hydrogen-bond acceptors (Lipinski definition) is 4. The zero-order valence-corrected chi connectivity index (χ0v) is 19.2. The molecule has 0 bridgehead atoms. The van der Waals surface area contributed by atoms with Gasteiger partial charge < -0.3 is 5.32 Å². The van der Waals surface area contributed by atoms with Crippen LogP contribution < -0.4 is 9.62 Å². The minimum Gasteiger partial charge on any atom is -0.353 e. The largest absolute Gasteiger partial charge is 0.353 e. The van der Waals surface area contributed by atoms with E-state index in [0.29, 0.717) is 23.9 Å². The second kappa shape index (κ2) is 10.5. The molecule has 0 aromatic heterocycles. The van der Waals surface area contributed by atoms with E-state index < -0.39 is 16.1 Å². The van der Waals surface area contributed by atoms with E-state index in [2.05, 4.69) is 5.32 Å². The number of carbonyl (C=O) groups excluding carboxylic acids is 1. The van der Waals surface area contributed by atoms with E-state index in [4.69, 9.17) is 0 Å². The van der Waals surface area contributed by atoms with Crippen LogP contribution in [0.1, 0.15) is 56.6 Å². The van der Waals surface area contributed by atoms with E-state index >= 15 is 0 Å². The van der Waals surface area contributed by atoms with Crippen molar-refractivity contribution in [3.05, 3.63) is 29.3 Å². The van der Waals surface area contributed by atoms with Crippen molar-refractivity contribution in [1.82, 2.24) is 5.32 Å². The number of benzene rings is 1. The molecular formula is C21H34N2O3S2. The molecule has 0 heterocycles. The van der Waals surface area contributed by atoms with Crippen LogP contribution in [0.5, 0.6) is 0 Å². The van der Waals surface area contributed by atoms with Crippen LogP contribution in [-0.4, -0.2) is 44.2 Å². The molecule has 0 radical (unpaired) electrons. The minimum atomic E-state index is -3.59. The van der Waals surface area contributed by atoms with E-state index in [1.807, 2.05) is 50.7 Å². The van der Waals surface area contributed by atoms with Crippen molar-refractivity contribution in [3.8, 4) is 0 Å². The average Bonchev–Trinajstić information content (AvgIpc) is 2.61. The summed E-state index contributed by atoms with van der Waals surface area (Å²) in [5.41, 5.74) is 2.50. The number of rotatable bonds is 9. The number of nitrogens with one attached hydrogen (secondary N) is 1. The van der Waals surface area contributed by atoms with Crippen LogP contribution in [0.3, 0.4) is 0 Å². The van der Waals surface area contributed by atoms with Crippen LogP contribution in [0.15, 0.2) is 18.2 Å². The summed E-state index contributed by atoms with van der Waals surface area (Å²) in [6.07, 6.45) is 8.07. The average molecular weight is 427 g/mol. The number of amides is 1. The van der Waals surface area contributed by atoms with Gasteiger partial charge >= 0.3 is 0 Å². The molecule has 5 nitrogen and oxygen atoms in total. The Bertz CT molecular complexity index is 739. The predicted octanol–water partition coefficient (Wildman–Crippen LogP) is 4.03. The molecule has 1 aliphatic rings. The molecular weight excluding hydrogens is 392 g/mol. The lowest BCUT2D eigenvalue weighted by molar-refractivity contribution is -0.122. The Morgan fingerprint density at radius 1 is 1.18 bits per heavy atom. The fraction of sp³-hybridized carbons (Fsp3) is 0.667. The SMILES string of the molecule is CC[C@H](C(=O)NCCSC1CCCCC1)N(c1cc(C)cc(C)c1)S(C)(=O)=O. The first kappa shape index (κ1) is 23.1. The Kier molecular flexibility index (Phi) is 8.68. The van der Waals surface area contributed by atoms with Gasteiger partial charge in [0.15, 0.2) is 0 Å². The third-order valence-electron chi connectivity index (χ3n) is 5.10. The normalized spacial score (nSPS) is 16.6. The van der Waals surface area contributed by atoms with Gasteiger partial charge in [-0.25, -0.2) is 8.42 Å². The Hall–Kier alpha value is -1.21. The highest BCUT2D eigenvalue weighted by Gasteiger charge is 2.31. The van der Waals surface area contributed by atoms with Crippen molar-refractivity contribution < 1.29 is 13.2 Å². The van der Waals surface area contributed by atoms with Crippen molar-refractivity contribution in [2.24, 2.45) is 0 Å². The van der Waals surface area contributed by atoms with E-state index in [0.717, 1.165) is 16.9 Å². The van der Waals surface area contributed by atoms with Gasteiger partial charge in [-0.2, -0.15) is 11.8 Å². The van der Waals surface area contributed by atoms with Crippen LogP contribution in [0.25, 0.3) is 0 Å². The minimum absolute atomic E-state index is 0.226. The number of aryl methyl sites for hydroxylation is 2. The van der Waals surface area contributed by atoms with Gasteiger partial charge in [0.05, 0.1) is 11.9 Å². The molecule has 2 rings (SSSR count). The molecule has 1 aromatic rings. The van der Waals surface area contributed by atoms with Crippen LogP contribution in [0, 0.1) is 13.8 Å². The van der Waals surface area contributed by atoms with Gasteiger partial charge in [-0.3, -0.25) is 9.10 Å². The lowest BCUT2D eigenvalue weighted by atomic mass is 10.0. The molecule has 7 heteroatoms. The van der Waals surface area contributed by atoms with Gasteiger partial charge in [0.1, 0.15) is 6.04 Å². The fourth-order valence-electron chi connectivity index (χ4n) is 3.89. The summed E-state index contributed by atoms with van der Waals surface area (Å²) >= 11 is 1.93. The van der Waals surface area contributed by atoms with Crippen LogP contribution in [0.2, 0.25) is 0 Å². The van der Waals surface area contributed by atoms with Crippen molar-refractivity contribution in [3.63, 3.8) is 0 Å². The maximum atomic E-state index is 12.8. The second-order valence-electron chi connectivity index (χ2n) is 7.75. The van der Waals surface area contributed by atoms with Gasteiger partial charge in [0.2, 0.25) is 15.9 Å². The molecule has 158 valence electrons. The molecule has 1 atom stereocenters. The van der Waals surface area contributed by atoms with Gasteiger partial charge in [0, 0.05) is 17.5 Å². The first-order chi connectivity index (χ1) is 13.2.